The highest BCUT2D eigenvalue weighted by molar-refractivity contribution is 5.92. The standard InChI is InChI=1S/C18H20N4O3/c1-12(2)22-17-14(10-19-22)9-13(18(24)20-17)6-7-16(23)21(3)11-15-5-4-8-25-15/h4-10,12H,11H2,1-3H3,(H,20,24). The summed E-state index contributed by atoms with van der Waals surface area (Å²) in [5.41, 5.74) is 0.835. The fourth-order valence-corrected chi connectivity index (χ4v) is 2.54. The zero-order chi connectivity index (χ0) is 18.0. The van der Waals surface area contributed by atoms with Crippen molar-refractivity contribution in [3.8, 4) is 0 Å². The summed E-state index contributed by atoms with van der Waals surface area (Å²) < 4.78 is 6.98. The van der Waals surface area contributed by atoms with Crippen LogP contribution in [-0.4, -0.2) is 32.6 Å². The lowest BCUT2D eigenvalue weighted by molar-refractivity contribution is -0.125. The first-order valence-corrected chi connectivity index (χ1v) is 8.02. The number of aromatic nitrogens is 3. The van der Waals surface area contributed by atoms with Crippen LogP contribution in [0.1, 0.15) is 31.2 Å². The fourth-order valence-electron chi connectivity index (χ4n) is 2.54. The van der Waals surface area contributed by atoms with Gasteiger partial charge in [-0.25, -0.2) is 4.68 Å². The van der Waals surface area contributed by atoms with Gasteiger partial charge in [-0.1, -0.05) is 0 Å². The van der Waals surface area contributed by atoms with Crippen molar-refractivity contribution in [1.82, 2.24) is 19.7 Å². The molecule has 3 heterocycles. The van der Waals surface area contributed by atoms with Crippen LogP contribution in [0, 0.1) is 0 Å². The second kappa shape index (κ2) is 6.80. The average molecular weight is 340 g/mol. The molecule has 0 saturated carbocycles. The number of hydrogen-bond donors (Lipinski definition) is 1. The highest BCUT2D eigenvalue weighted by Gasteiger charge is 2.10. The molecular weight excluding hydrogens is 320 g/mol. The summed E-state index contributed by atoms with van der Waals surface area (Å²) in [6.45, 7) is 4.35. The van der Waals surface area contributed by atoms with E-state index in [1.807, 2.05) is 13.8 Å². The lowest BCUT2D eigenvalue weighted by Gasteiger charge is -2.12. The normalized spacial score (nSPS) is 11.7. The first kappa shape index (κ1) is 16.8. The Hall–Kier alpha value is -3.09. The third kappa shape index (κ3) is 3.55. The first-order chi connectivity index (χ1) is 12.0. The number of carbonyl (C=O) groups is 1. The quantitative estimate of drug-likeness (QED) is 0.724. The molecule has 0 aliphatic carbocycles. The van der Waals surface area contributed by atoms with Crippen LogP contribution in [-0.2, 0) is 11.3 Å². The van der Waals surface area contributed by atoms with Crippen molar-refractivity contribution >= 4 is 23.0 Å². The van der Waals surface area contributed by atoms with E-state index in [9.17, 15) is 9.59 Å². The van der Waals surface area contributed by atoms with Crippen molar-refractivity contribution in [2.75, 3.05) is 7.05 Å². The summed E-state index contributed by atoms with van der Waals surface area (Å²) in [6.07, 6.45) is 6.17. The Labute approximate surface area is 144 Å². The number of likely N-dealkylation sites (N-methyl/N-ethyl adjacent to an activating group) is 1. The maximum Gasteiger partial charge on any atom is 0.256 e. The largest absolute Gasteiger partial charge is 0.467 e. The Morgan fingerprint density at radius 2 is 2.28 bits per heavy atom. The fraction of sp³-hybridized carbons (Fsp3) is 0.278. The summed E-state index contributed by atoms with van der Waals surface area (Å²) >= 11 is 0. The molecule has 0 aliphatic heterocycles. The number of aromatic amines is 1. The van der Waals surface area contributed by atoms with Crippen LogP contribution in [0.4, 0.5) is 0 Å². The number of furan rings is 1. The van der Waals surface area contributed by atoms with E-state index >= 15 is 0 Å². The van der Waals surface area contributed by atoms with Gasteiger partial charge in [0.05, 0.1) is 19.0 Å². The van der Waals surface area contributed by atoms with Crippen molar-refractivity contribution in [1.29, 1.82) is 0 Å². The maximum atomic E-state index is 12.3. The van der Waals surface area contributed by atoms with E-state index < -0.39 is 0 Å². The predicted molar refractivity (Wildman–Crippen MR) is 95.0 cm³/mol. The molecule has 0 aromatic carbocycles. The van der Waals surface area contributed by atoms with Crippen molar-refractivity contribution in [3.63, 3.8) is 0 Å². The van der Waals surface area contributed by atoms with E-state index in [1.54, 1.807) is 42.4 Å². The van der Waals surface area contributed by atoms with Gasteiger partial charge in [0, 0.05) is 30.1 Å². The molecule has 0 bridgehead atoms. The smallest absolute Gasteiger partial charge is 0.256 e. The summed E-state index contributed by atoms with van der Waals surface area (Å²) in [5.74, 6) is 0.485. The number of nitrogens with zero attached hydrogens (tertiary/aromatic N) is 3. The van der Waals surface area contributed by atoms with Crippen LogP contribution in [0.3, 0.4) is 0 Å². The van der Waals surface area contributed by atoms with E-state index in [0.29, 0.717) is 23.5 Å². The van der Waals surface area contributed by atoms with Gasteiger partial charge in [0.1, 0.15) is 11.4 Å². The molecule has 7 nitrogen and oxygen atoms in total. The van der Waals surface area contributed by atoms with Gasteiger partial charge in [-0.15, -0.1) is 0 Å². The van der Waals surface area contributed by atoms with Crippen molar-refractivity contribution in [2.45, 2.75) is 26.4 Å². The molecular formula is C18H20N4O3. The van der Waals surface area contributed by atoms with Gasteiger partial charge in [-0.05, 0) is 38.1 Å². The average Bonchev–Trinajstić information content (AvgIpc) is 3.21. The van der Waals surface area contributed by atoms with Crippen molar-refractivity contribution in [2.24, 2.45) is 0 Å². The molecule has 3 rings (SSSR count). The third-order valence-electron chi connectivity index (χ3n) is 3.87. The number of hydrogen-bond acceptors (Lipinski definition) is 4. The van der Waals surface area contributed by atoms with Crippen LogP contribution in [0.2, 0.25) is 0 Å². The minimum Gasteiger partial charge on any atom is -0.467 e. The van der Waals surface area contributed by atoms with Crippen LogP contribution >= 0.6 is 0 Å². The number of carbonyl (C=O) groups excluding carboxylic acids is 1. The number of nitrogens with one attached hydrogen (secondary N) is 1. The maximum absolute atomic E-state index is 12.3. The van der Waals surface area contributed by atoms with Gasteiger partial charge in [-0.3, -0.25) is 9.59 Å². The van der Waals surface area contributed by atoms with Crippen LogP contribution in [0.15, 0.2) is 45.9 Å². The van der Waals surface area contributed by atoms with Gasteiger partial charge < -0.3 is 14.3 Å². The molecule has 1 amide bonds. The summed E-state index contributed by atoms with van der Waals surface area (Å²) in [7, 11) is 1.68. The van der Waals surface area contributed by atoms with Crippen LogP contribution < -0.4 is 5.56 Å². The molecule has 0 radical (unpaired) electrons. The van der Waals surface area contributed by atoms with Crippen molar-refractivity contribution in [3.05, 3.63) is 58.4 Å². The molecule has 0 spiro atoms. The summed E-state index contributed by atoms with van der Waals surface area (Å²) in [5, 5.41) is 5.10. The molecule has 0 atom stereocenters. The zero-order valence-electron chi connectivity index (χ0n) is 14.4. The summed E-state index contributed by atoms with van der Waals surface area (Å²) in [6, 6.07) is 5.45. The van der Waals surface area contributed by atoms with E-state index in [0.717, 1.165) is 5.39 Å². The van der Waals surface area contributed by atoms with Crippen molar-refractivity contribution < 1.29 is 9.21 Å². The number of H-pyrrole nitrogens is 1. The van der Waals surface area contributed by atoms with E-state index in [4.69, 9.17) is 4.42 Å². The Morgan fingerprint density at radius 3 is 2.96 bits per heavy atom. The second-order valence-corrected chi connectivity index (χ2v) is 6.15. The minimum absolute atomic E-state index is 0.145. The highest BCUT2D eigenvalue weighted by Crippen LogP contribution is 2.15. The first-order valence-electron chi connectivity index (χ1n) is 8.02. The molecule has 0 aliphatic rings. The third-order valence-corrected chi connectivity index (χ3v) is 3.87. The highest BCUT2D eigenvalue weighted by atomic mass is 16.3. The van der Waals surface area contributed by atoms with Gasteiger partial charge in [0.25, 0.3) is 5.56 Å². The second-order valence-electron chi connectivity index (χ2n) is 6.15. The van der Waals surface area contributed by atoms with E-state index in [1.165, 1.54) is 17.1 Å². The number of rotatable bonds is 5. The molecule has 0 unspecified atom stereocenters. The Bertz CT molecular complexity index is 964. The van der Waals surface area contributed by atoms with Gasteiger partial charge in [0.15, 0.2) is 0 Å². The van der Waals surface area contributed by atoms with Gasteiger partial charge >= 0.3 is 0 Å². The van der Waals surface area contributed by atoms with Gasteiger partial charge in [0.2, 0.25) is 5.91 Å². The predicted octanol–water partition coefficient (Wildman–Crippen LogP) is 2.57. The Morgan fingerprint density at radius 1 is 1.48 bits per heavy atom. The molecule has 25 heavy (non-hydrogen) atoms. The molecule has 1 N–H and O–H groups in total. The molecule has 130 valence electrons. The molecule has 0 saturated heterocycles. The summed E-state index contributed by atoms with van der Waals surface area (Å²) in [4.78, 5) is 28.8. The van der Waals surface area contributed by atoms with E-state index in [-0.39, 0.29) is 17.5 Å². The Kier molecular flexibility index (Phi) is 4.56. The Balaban J connectivity index is 1.80. The number of amides is 1. The van der Waals surface area contributed by atoms with E-state index in [2.05, 4.69) is 10.1 Å². The molecule has 3 aromatic heterocycles. The zero-order valence-corrected chi connectivity index (χ0v) is 14.4. The molecule has 3 aromatic rings. The number of fused-ring (bicyclic) bond motifs is 1. The van der Waals surface area contributed by atoms with Gasteiger partial charge in [-0.2, -0.15) is 5.10 Å². The molecule has 0 fully saturated rings. The SMILES string of the molecule is CC(C)n1ncc2cc(C=CC(=O)N(C)Cc3ccco3)c(=O)[nH]c21. The topological polar surface area (TPSA) is 84.1 Å². The minimum atomic E-state index is -0.257. The monoisotopic (exact) mass is 340 g/mol. The number of pyridine rings is 1. The lowest BCUT2D eigenvalue weighted by atomic mass is 10.2. The molecule has 7 heteroatoms. The lowest BCUT2D eigenvalue weighted by Crippen LogP contribution is -2.24. The van der Waals surface area contributed by atoms with Crippen LogP contribution in [0.5, 0.6) is 0 Å². The van der Waals surface area contributed by atoms with Crippen LogP contribution in [0.25, 0.3) is 17.1 Å².